The number of rotatable bonds is 5. The number of nitrogens with zero attached hydrogens (tertiary/aromatic N) is 4. The van der Waals surface area contributed by atoms with Gasteiger partial charge in [0, 0.05) is 45.8 Å². The van der Waals surface area contributed by atoms with Crippen molar-refractivity contribution in [2.75, 3.05) is 4.90 Å². The Morgan fingerprint density at radius 1 is 0.548 bits per heavy atom. The Kier molecular flexibility index (Phi) is 6.17. The molecule has 0 unspecified atom stereocenters. The summed E-state index contributed by atoms with van der Waals surface area (Å²) in [4.78, 5) is 6.21. The van der Waals surface area contributed by atoms with Crippen LogP contribution in [0.5, 0.6) is 0 Å². The van der Waals surface area contributed by atoms with E-state index in [2.05, 4.69) is 94.8 Å². The molecule has 5 heteroatoms. The summed E-state index contributed by atoms with van der Waals surface area (Å²) < 4.78 is 6.28. The Labute approximate surface area is 242 Å². The molecule has 0 bridgehead atoms. The van der Waals surface area contributed by atoms with Gasteiger partial charge in [0.05, 0.1) is 11.1 Å². The van der Waals surface area contributed by atoms with E-state index < -0.39 is 0 Å². The van der Waals surface area contributed by atoms with E-state index in [4.69, 9.17) is 4.42 Å². The summed E-state index contributed by atoms with van der Waals surface area (Å²) in [6.45, 7) is 0. The minimum Gasteiger partial charge on any atom is -0.455 e. The Morgan fingerprint density at radius 2 is 1.17 bits per heavy atom. The first-order chi connectivity index (χ1) is 20.7. The number of aromatic nitrogens is 1. The smallest absolute Gasteiger partial charge is 0.143 e. The van der Waals surface area contributed by atoms with Crippen molar-refractivity contribution in [1.82, 2.24) is 4.98 Å². The first-order valence-corrected chi connectivity index (χ1v) is 13.5. The lowest BCUT2D eigenvalue weighted by Crippen LogP contribution is -2.10. The molecule has 0 fully saturated rings. The second kappa shape index (κ2) is 10.4. The van der Waals surface area contributed by atoms with Gasteiger partial charge in [-0.15, -0.1) is 0 Å². The van der Waals surface area contributed by atoms with Crippen LogP contribution in [-0.2, 0) is 0 Å². The summed E-state index contributed by atoms with van der Waals surface area (Å²) in [5, 5.41) is 21.4. The van der Waals surface area contributed by atoms with Crippen LogP contribution in [0.4, 0.5) is 17.1 Å². The highest BCUT2D eigenvalue weighted by Gasteiger charge is 2.17. The van der Waals surface area contributed by atoms with Crippen molar-refractivity contribution in [3.8, 4) is 34.4 Å². The van der Waals surface area contributed by atoms with E-state index in [1.165, 1.54) is 0 Å². The zero-order valence-electron chi connectivity index (χ0n) is 22.4. The fourth-order valence-corrected chi connectivity index (χ4v) is 5.42. The van der Waals surface area contributed by atoms with E-state index >= 15 is 0 Å². The topological polar surface area (TPSA) is 76.8 Å². The van der Waals surface area contributed by atoms with Crippen LogP contribution < -0.4 is 4.90 Å². The van der Waals surface area contributed by atoms with Gasteiger partial charge in [0.15, 0.2) is 0 Å². The predicted molar refractivity (Wildman–Crippen MR) is 166 cm³/mol. The maximum absolute atomic E-state index is 9.73. The first kappa shape index (κ1) is 24.8. The van der Waals surface area contributed by atoms with Crippen LogP contribution in [0.3, 0.4) is 0 Å². The number of pyridine rings is 1. The fourth-order valence-electron chi connectivity index (χ4n) is 5.42. The first-order valence-electron chi connectivity index (χ1n) is 13.5. The number of hydrogen-bond acceptors (Lipinski definition) is 5. The molecule has 0 saturated carbocycles. The third-order valence-corrected chi connectivity index (χ3v) is 7.48. The molecule has 0 amide bonds. The van der Waals surface area contributed by atoms with Crippen LogP contribution in [0.15, 0.2) is 138 Å². The van der Waals surface area contributed by atoms with Gasteiger partial charge in [0.25, 0.3) is 0 Å². The minimum absolute atomic E-state index is 0.335. The second-order valence-electron chi connectivity index (χ2n) is 9.90. The van der Waals surface area contributed by atoms with Gasteiger partial charge in [0.2, 0.25) is 0 Å². The summed E-state index contributed by atoms with van der Waals surface area (Å²) in [5.74, 6) is 0. The third kappa shape index (κ3) is 4.32. The number of hydrogen-bond donors (Lipinski definition) is 0. The molecule has 2 aromatic heterocycles. The SMILES string of the molecule is N#Cc1ccc(N(c2ccc(-c3ccncc3)cc2)c2ccc(-c3cccc4c3oc3ccccc34)cc2)cc1C#N. The van der Waals surface area contributed by atoms with Gasteiger partial charge < -0.3 is 9.32 Å². The average Bonchev–Trinajstić information content (AvgIpc) is 3.45. The molecule has 0 aliphatic rings. The maximum atomic E-state index is 9.73. The van der Waals surface area contributed by atoms with Crippen molar-refractivity contribution in [2.24, 2.45) is 0 Å². The summed E-state index contributed by atoms with van der Waals surface area (Å²) in [6, 6.07) is 44.5. The van der Waals surface area contributed by atoms with Gasteiger partial charge in [0.1, 0.15) is 23.3 Å². The lowest BCUT2D eigenvalue weighted by molar-refractivity contribution is 0.670. The van der Waals surface area contributed by atoms with Gasteiger partial charge in [-0.2, -0.15) is 10.5 Å². The van der Waals surface area contributed by atoms with Crippen LogP contribution in [0.1, 0.15) is 11.1 Å². The lowest BCUT2D eigenvalue weighted by Gasteiger charge is -2.26. The van der Waals surface area contributed by atoms with E-state index in [9.17, 15) is 10.5 Å². The van der Waals surface area contributed by atoms with E-state index in [-0.39, 0.29) is 0 Å². The van der Waals surface area contributed by atoms with Crippen molar-refractivity contribution in [2.45, 2.75) is 0 Å². The largest absolute Gasteiger partial charge is 0.455 e. The molecule has 196 valence electrons. The van der Waals surface area contributed by atoms with E-state index in [0.717, 1.165) is 61.3 Å². The Bertz CT molecular complexity index is 2150. The molecule has 0 N–H and O–H groups in total. The number of anilines is 3. The monoisotopic (exact) mass is 538 g/mol. The van der Waals surface area contributed by atoms with Crippen molar-refractivity contribution in [3.63, 3.8) is 0 Å². The molecule has 0 saturated heterocycles. The number of fused-ring (bicyclic) bond motifs is 3. The number of benzene rings is 5. The number of nitriles is 2. The van der Waals surface area contributed by atoms with Crippen LogP contribution in [0.2, 0.25) is 0 Å². The lowest BCUT2D eigenvalue weighted by atomic mass is 10.0. The van der Waals surface area contributed by atoms with Gasteiger partial charge in [-0.3, -0.25) is 4.98 Å². The van der Waals surface area contributed by atoms with Crippen LogP contribution >= 0.6 is 0 Å². The highest BCUT2D eigenvalue weighted by atomic mass is 16.3. The minimum atomic E-state index is 0.335. The zero-order chi connectivity index (χ0) is 28.5. The summed E-state index contributed by atoms with van der Waals surface area (Å²) in [7, 11) is 0. The Hall–Kier alpha value is -6.17. The van der Waals surface area contributed by atoms with Gasteiger partial charge in [-0.1, -0.05) is 60.7 Å². The molecule has 0 aliphatic carbocycles. The quantitative estimate of drug-likeness (QED) is 0.218. The highest BCUT2D eigenvalue weighted by Crippen LogP contribution is 2.39. The standard InChI is InChI=1S/C37H22N4O/c38-23-28-12-17-32(22-29(28)24-39)41(30-13-8-25(9-14-30)26-18-20-40-21-19-26)31-15-10-27(11-16-31)33-5-3-6-35-34-4-1-2-7-36(34)42-37(33)35/h1-22H. The molecule has 7 rings (SSSR count). The molecule has 5 nitrogen and oxygen atoms in total. The average molecular weight is 539 g/mol. The molecule has 42 heavy (non-hydrogen) atoms. The molecule has 0 atom stereocenters. The molecule has 0 spiro atoms. The summed E-state index contributed by atoms with van der Waals surface area (Å²) in [5.41, 5.74) is 9.26. The molecular weight excluding hydrogens is 516 g/mol. The van der Waals surface area contributed by atoms with Crippen LogP contribution in [-0.4, -0.2) is 4.98 Å². The number of furan rings is 1. The van der Waals surface area contributed by atoms with Crippen molar-refractivity contribution >= 4 is 39.0 Å². The van der Waals surface area contributed by atoms with Gasteiger partial charge in [-0.25, -0.2) is 0 Å². The molecule has 0 aliphatic heterocycles. The molecule has 0 radical (unpaired) electrons. The van der Waals surface area contributed by atoms with Crippen molar-refractivity contribution in [3.05, 3.63) is 145 Å². The third-order valence-electron chi connectivity index (χ3n) is 7.48. The van der Waals surface area contributed by atoms with Crippen LogP contribution in [0, 0.1) is 22.7 Å². The second-order valence-corrected chi connectivity index (χ2v) is 9.90. The number of para-hydroxylation sites is 2. The zero-order valence-corrected chi connectivity index (χ0v) is 22.4. The van der Waals surface area contributed by atoms with Gasteiger partial charge >= 0.3 is 0 Å². The van der Waals surface area contributed by atoms with Crippen LogP contribution in [0.25, 0.3) is 44.2 Å². The Balaban J connectivity index is 1.32. The van der Waals surface area contributed by atoms with Gasteiger partial charge in [-0.05, 0) is 77.4 Å². The van der Waals surface area contributed by atoms with E-state index in [1.54, 1.807) is 24.5 Å². The van der Waals surface area contributed by atoms with E-state index in [0.29, 0.717) is 11.1 Å². The maximum Gasteiger partial charge on any atom is 0.143 e. The normalized spacial score (nSPS) is 10.8. The molecule has 2 heterocycles. The summed E-state index contributed by atoms with van der Waals surface area (Å²) >= 11 is 0. The Morgan fingerprint density at radius 3 is 1.88 bits per heavy atom. The van der Waals surface area contributed by atoms with Crippen molar-refractivity contribution in [1.29, 1.82) is 10.5 Å². The molecular formula is C37H22N4O. The fraction of sp³-hybridized carbons (Fsp3) is 0. The highest BCUT2D eigenvalue weighted by molar-refractivity contribution is 6.09. The van der Waals surface area contributed by atoms with E-state index in [1.807, 2.05) is 36.4 Å². The summed E-state index contributed by atoms with van der Waals surface area (Å²) in [6.07, 6.45) is 3.56. The predicted octanol–water partition coefficient (Wildman–Crippen LogP) is 9.53. The molecule has 5 aromatic carbocycles. The molecule has 7 aromatic rings. The van der Waals surface area contributed by atoms with Crippen molar-refractivity contribution < 1.29 is 4.42 Å².